The number of likely N-dealkylation sites (tertiary alicyclic amines) is 1. The SMILES string of the molecule is CCCCc1nc(Cl)c(CN2CCC(O)(C(=O)N3CCCN(C)CC3)CC2)[nH]1. The van der Waals surface area contributed by atoms with Crippen LogP contribution in [0.15, 0.2) is 0 Å². The van der Waals surface area contributed by atoms with Crippen molar-refractivity contribution in [3.8, 4) is 0 Å². The van der Waals surface area contributed by atoms with Gasteiger partial charge < -0.3 is 19.9 Å². The first kappa shape index (κ1) is 21.6. The molecule has 2 aliphatic heterocycles. The van der Waals surface area contributed by atoms with E-state index in [-0.39, 0.29) is 5.91 Å². The fourth-order valence-corrected chi connectivity index (χ4v) is 4.28. The summed E-state index contributed by atoms with van der Waals surface area (Å²) in [5.41, 5.74) is -0.302. The van der Waals surface area contributed by atoms with Crippen molar-refractivity contribution >= 4 is 17.5 Å². The summed E-state index contributed by atoms with van der Waals surface area (Å²) >= 11 is 6.30. The molecule has 3 heterocycles. The fourth-order valence-electron chi connectivity index (χ4n) is 4.07. The van der Waals surface area contributed by atoms with E-state index in [1.807, 2.05) is 4.90 Å². The molecule has 3 rings (SSSR count). The van der Waals surface area contributed by atoms with Gasteiger partial charge in [-0.15, -0.1) is 0 Å². The number of aliphatic hydroxyl groups is 1. The lowest BCUT2D eigenvalue weighted by atomic mass is 9.89. The summed E-state index contributed by atoms with van der Waals surface area (Å²) in [6.45, 7) is 7.49. The Bertz CT molecular complexity index is 657. The Kier molecular flexibility index (Phi) is 7.36. The van der Waals surface area contributed by atoms with E-state index in [0.717, 1.165) is 56.8 Å². The summed E-state index contributed by atoms with van der Waals surface area (Å²) in [5, 5.41) is 11.6. The molecule has 0 spiro atoms. The fraction of sp³-hybridized carbons (Fsp3) is 0.800. The number of carbonyl (C=O) groups excluding carboxylic acids is 1. The second-order valence-electron chi connectivity index (χ2n) is 8.31. The van der Waals surface area contributed by atoms with Gasteiger partial charge in [0.1, 0.15) is 11.4 Å². The van der Waals surface area contributed by atoms with Crippen LogP contribution in [0.4, 0.5) is 0 Å². The maximum Gasteiger partial charge on any atom is 0.254 e. The second kappa shape index (κ2) is 9.57. The Balaban J connectivity index is 1.53. The van der Waals surface area contributed by atoms with Crippen LogP contribution in [-0.4, -0.2) is 87.6 Å². The largest absolute Gasteiger partial charge is 0.380 e. The Morgan fingerprint density at radius 3 is 2.68 bits per heavy atom. The van der Waals surface area contributed by atoms with Crippen molar-refractivity contribution in [2.45, 2.75) is 57.6 Å². The van der Waals surface area contributed by atoms with E-state index in [0.29, 0.717) is 44.2 Å². The third-order valence-electron chi connectivity index (χ3n) is 6.01. The number of hydrogen-bond acceptors (Lipinski definition) is 5. The van der Waals surface area contributed by atoms with Crippen molar-refractivity contribution in [3.05, 3.63) is 16.7 Å². The number of aromatic nitrogens is 2. The molecule has 0 saturated carbocycles. The first-order valence-corrected chi connectivity index (χ1v) is 10.9. The Morgan fingerprint density at radius 1 is 1.21 bits per heavy atom. The van der Waals surface area contributed by atoms with Crippen molar-refractivity contribution in [1.82, 2.24) is 24.7 Å². The van der Waals surface area contributed by atoms with Crippen LogP contribution in [0.25, 0.3) is 0 Å². The molecule has 158 valence electrons. The minimum Gasteiger partial charge on any atom is -0.380 e. The monoisotopic (exact) mass is 411 g/mol. The van der Waals surface area contributed by atoms with Gasteiger partial charge >= 0.3 is 0 Å². The number of nitrogens with zero attached hydrogens (tertiary/aromatic N) is 4. The molecule has 0 unspecified atom stereocenters. The van der Waals surface area contributed by atoms with E-state index in [1.165, 1.54) is 0 Å². The number of amides is 1. The van der Waals surface area contributed by atoms with Crippen LogP contribution in [0.1, 0.15) is 50.5 Å². The molecule has 0 aliphatic carbocycles. The number of likely N-dealkylation sites (N-methyl/N-ethyl adjacent to an activating group) is 1. The molecule has 0 radical (unpaired) electrons. The van der Waals surface area contributed by atoms with Crippen molar-refractivity contribution in [1.29, 1.82) is 0 Å². The maximum atomic E-state index is 13.0. The van der Waals surface area contributed by atoms with Crippen LogP contribution in [0.2, 0.25) is 5.15 Å². The standard InChI is InChI=1S/C20H34ClN5O2/c1-3-4-6-17-22-16(18(21)23-17)15-25-11-7-20(28,8-12-25)19(27)26-10-5-9-24(2)13-14-26/h28H,3-15H2,1-2H3,(H,22,23). The smallest absolute Gasteiger partial charge is 0.254 e. The molecule has 8 heteroatoms. The molecule has 0 bridgehead atoms. The van der Waals surface area contributed by atoms with E-state index in [2.05, 4.69) is 33.7 Å². The number of nitrogens with one attached hydrogen (secondary N) is 1. The summed E-state index contributed by atoms with van der Waals surface area (Å²) in [6, 6.07) is 0. The van der Waals surface area contributed by atoms with Gasteiger partial charge in [0, 0.05) is 45.7 Å². The zero-order valence-electron chi connectivity index (χ0n) is 17.2. The number of hydrogen-bond donors (Lipinski definition) is 2. The number of aryl methyl sites for hydroxylation is 1. The third-order valence-corrected chi connectivity index (χ3v) is 6.33. The quantitative estimate of drug-likeness (QED) is 0.747. The summed E-state index contributed by atoms with van der Waals surface area (Å²) < 4.78 is 0. The molecular formula is C20H34ClN5O2. The Labute approximate surface area is 173 Å². The topological polar surface area (TPSA) is 75.7 Å². The minimum atomic E-state index is -1.23. The van der Waals surface area contributed by atoms with E-state index in [9.17, 15) is 9.90 Å². The lowest BCUT2D eigenvalue weighted by molar-refractivity contribution is -0.156. The van der Waals surface area contributed by atoms with Gasteiger partial charge in [0.05, 0.1) is 5.69 Å². The highest BCUT2D eigenvalue weighted by Crippen LogP contribution is 2.27. The number of carbonyl (C=O) groups is 1. The molecule has 7 nitrogen and oxygen atoms in total. The summed E-state index contributed by atoms with van der Waals surface area (Å²) in [4.78, 5) is 27.0. The third kappa shape index (κ3) is 5.26. The zero-order valence-corrected chi connectivity index (χ0v) is 18.0. The van der Waals surface area contributed by atoms with Gasteiger partial charge in [0.15, 0.2) is 5.15 Å². The molecule has 2 N–H and O–H groups in total. The van der Waals surface area contributed by atoms with E-state index >= 15 is 0 Å². The van der Waals surface area contributed by atoms with Gasteiger partial charge in [-0.2, -0.15) is 0 Å². The van der Waals surface area contributed by atoms with Crippen LogP contribution in [0.3, 0.4) is 0 Å². The van der Waals surface area contributed by atoms with Crippen molar-refractivity contribution in [2.24, 2.45) is 0 Å². The molecule has 2 saturated heterocycles. The van der Waals surface area contributed by atoms with Gasteiger partial charge in [0.2, 0.25) is 0 Å². The van der Waals surface area contributed by atoms with Gasteiger partial charge in [-0.05, 0) is 39.3 Å². The molecule has 0 aromatic carbocycles. The average Bonchev–Trinajstić information content (AvgIpc) is 2.88. The predicted molar refractivity (Wildman–Crippen MR) is 110 cm³/mol. The normalized spacial score (nSPS) is 21.6. The number of unbranched alkanes of at least 4 members (excludes halogenated alkanes) is 1. The number of rotatable bonds is 6. The van der Waals surface area contributed by atoms with Gasteiger partial charge in [-0.3, -0.25) is 9.69 Å². The number of imidazole rings is 1. The first-order chi connectivity index (χ1) is 13.4. The molecule has 28 heavy (non-hydrogen) atoms. The molecule has 2 fully saturated rings. The van der Waals surface area contributed by atoms with Gasteiger partial charge in [0.25, 0.3) is 5.91 Å². The van der Waals surface area contributed by atoms with Crippen LogP contribution in [0, 0.1) is 0 Å². The van der Waals surface area contributed by atoms with E-state index < -0.39 is 5.60 Å². The lowest BCUT2D eigenvalue weighted by Crippen LogP contribution is -2.55. The van der Waals surface area contributed by atoms with Crippen LogP contribution in [0.5, 0.6) is 0 Å². The van der Waals surface area contributed by atoms with E-state index in [1.54, 1.807) is 0 Å². The predicted octanol–water partition coefficient (Wildman–Crippen LogP) is 1.90. The first-order valence-electron chi connectivity index (χ1n) is 10.6. The van der Waals surface area contributed by atoms with Gasteiger partial charge in [-0.25, -0.2) is 4.98 Å². The Morgan fingerprint density at radius 2 is 1.96 bits per heavy atom. The highest BCUT2D eigenvalue weighted by molar-refractivity contribution is 6.30. The van der Waals surface area contributed by atoms with Crippen LogP contribution in [-0.2, 0) is 17.8 Å². The molecule has 1 aromatic heterocycles. The minimum absolute atomic E-state index is 0.0936. The number of aromatic amines is 1. The highest BCUT2D eigenvalue weighted by atomic mass is 35.5. The zero-order chi connectivity index (χ0) is 20.1. The van der Waals surface area contributed by atoms with Gasteiger partial charge in [-0.1, -0.05) is 24.9 Å². The Hall–Kier alpha value is -1.15. The van der Waals surface area contributed by atoms with E-state index in [4.69, 9.17) is 11.6 Å². The van der Waals surface area contributed by atoms with Crippen molar-refractivity contribution in [2.75, 3.05) is 46.3 Å². The molecule has 1 aromatic rings. The van der Waals surface area contributed by atoms with Crippen LogP contribution >= 0.6 is 11.6 Å². The number of H-pyrrole nitrogens is 1. The number of halogens is 1. The summed E-state index contributed by atoms with van der Waals surface area (Å²) in [7, 11) is 2.08. The highest BCUT2D eigenvalue weighted by Gasteiger charge is 2.42. The average molecular weight is 412 g/mol. The summed E-state index contributed by atoms with van der Waals surface area (Å²) in [6.07, 6.45) is 5.02. The number of piperidine rings is 1. The molecular weight excluding hydrogens is 378 g/mol. The molecule has 2 aliphatic rings. The molecule has 1 amide bonds. The summed E-state index contributed by atoms with van der Waals surface area (Å²) in [5.74, 6) is 0.848. The van der Waals surface area contributed by atoms with Crippen molar-refractivity contribution < 1.29 is 9.90 Å². The van der Waals surface area contributed by atoms with Crippen molar-refractivity contribution in [3.63, 3.8) is 0 Å². The maximum absolute atomic E-state index is 13.0. The lowest BCUT2D eigenvalue weighted by Gasteiger charge is -2.39. The molecule has 0 atom stereocenters. The second-order valence-corrected chi connectivity index (χ2v) is 8.67. The van der Waals surface area contributed by atoms with Crippen LogP contribution < -0.4 is 0 Å².